The second kappa shape index (κ2) is 6.96. The minimum Gasteiger partial charge on any atom is -0.350 e. The smallest absolute Gasteiger partial charge is 0.252 e. The third-order valence-corrected chi connectivity index (χ3v) is 3.45. The van der Waals surface area contributed by atoms with E-state index in [1.807, 2.05) is 45.3 Å². The van der Waals surface area contributed by atoms with Crippen molar-refractivity contribution in [2.24, 2.45) is 0 Å². The molecule has 94 valence electrons. The van der Waals surface area contributed by atoms with Gasteiger partial charge in [0, 0.05) is 9.61 Å². The monoisotopic (exact) mass is 346 g/mol. The van der Waals surface area contributed by atoms with E-state index in [4.69, 9.17) is 0 Å². The molecule has 3 nitrogen and oxygen atoms in total. The molecule has 0 aliphatic heterocycles. The molecule has 1 atom stereocenters. The largest absolute Gasteiger partial charge is 0.350 e. The van der Waals surface area contributed by atoms with Gasteiger partial charge in [-0.2, -0.15) is 0 Å². The molecule has 1 amide bonds. The molecule has 1 N–H and O–H groups in total. The summed E-state index contributed by atoms with van der Waals surface area (Å²) in [4.78, 5) is 14.1. The number of amides is 1. The molecular weight excluding hydrogens is 327 g/mol. The summed E-state index contributed by atoms with van der Waals surface area (Å²) in [5.74, 6) is 0.0151. The first-order valence-electron chi connectivity index (χ1n) is 5.71. The average molecular weight is 346 g/mol. The predicted octanol–water partition coefficient (Wildman–Crippen LogP) is 2.36. The first-order chi connectivity index (χ1) is 8.00. The summed E-state index contributed by atoms with van der Waals surface area (Å²) in [6.07, 6.45) is 0.960. The highest BCUT2D eigenvalue weighted by atomic mass is 127. The van der Waals surface area contributed by atoms with Gasteiger partial charge in [0.05, 0.1) is 5.56 Å². The summed E-state index contributed by atoms with van der Waals surface area (Å²) in [6.45, 7) is 3.02. The molecule has 1 unspecified atom stereocenters. The van der Waals surface area contributed by atoms with Crippen LogP contribution >= 0.6 is 22.6 Å². The Balaban J connectivity index is 2.52. The lowest BCUT2D eigenvalue weighted by atomic mass is 10.2. The van der Waals surface area contributed by atoms with Crippen LogP contribution in [0.4, 0.5) is 0 Å². The molecule has 4 heteroatoms. The van der Waals surface area contributed by atoms with Crippen molar-refractivity contribution in [2.45, 2.75) is 19.4 Å². The number of benzene rings is 1. The second-order valence-corrected chi connectivity index (χ2v) is 5.61. The molecule has 1 aromatic carbocycles. The quantitative estimate of drug-likeness (QED) is 0.831. The summed E-state index contributed by atoms with van der Waals surface area (Å²) in [7, 11) is 4.07. The first kappa shape index (κ1) is 14.4. The summed E-state index contributed by atoms with van der Waals surface area (Å²) < 4.78 is 0.988. The Labute approximate surface area is 117 Å². The van der Waals surface area contributed by atoms with Crippen molar-refractivity contribution in [3.63, 3.8) is 0 Å². The number of carbonyl (C=O) groups is 1. The Morgan fingerprint density at radius 1 is 1.41 bits per heavy atom. The molecule has 0 aromatic heterocycles. The summed E-state index contributed by atoms with van der Waals surface area (Å²) in [6, 6.07) is 7.83. The van der Waals surface area contributed by atoms with Crippen LogP contribution in [0, 0.1) is 3.57 Å². The molecule has 0 saturated heterocycles. The zero-order valence-electron chi connectivity index (χ0n) is 10.5. The van der Waals surface area contributed by atoms with Gasteiger partial charge in [-0.05, 0) is 68.7 Å². The highest BCUT2D eigenvalue weighted by Crippen LogP contribution is 2.11. The van der Waals surface area contributed by atoms with Gasteiger partial charge in [0.1, 0.15) is 0 Å². The van der Waals surface area contributed by atoms with E-state index >= 15 is 0 Å². The van der Waals surface area contributed by atoms with Gasteiger partial charge in [-0.3, -0.25) is 4.79 Å². The van der Waals surface area contributed by atoms with E-state index in [0.29, 0.717) is 0 Å². The normalized spacial score (nSPS) is 12.5. The Morgan fingerprint density at radius 3 is 2.65 bits per heavy atom. The number of carbonyl (C=O) groups excluding carboxylic acids is 1. The molecule has 0 heterocycles. The Bertz CT molecular complexity index is 379. The van der Waals surface area contributed by atoms with Crippen LogP contribution in [0.3, 0.4) is 0 Å². The fourth-order valence-electron chi connectivity index (χ4n) is 1.47. The van der Waals surface area contributed by atoms with E-state index in [1.165, 1.54) is 0 Å². The number of halogens is 1. The first-order valence-corrected chi connectivity index (χ1v) is 6.78. The van der Waals surface area contributed by atoms with Crippen LogP contribution < -0.4 is 5.32 Å². The lowest BCUT2D eigenvalue weighted by molar-refractivity contribution is 0.0936. The number of hydrogen-bond acceptors (Lipinski definition) is 2. The van der Waals surface area contributed by atoms with Gasteiger partial charge < -0.3 is 10.2 Å². The zero-order chi connectivity index (χ0) is 12.8. The van der Waals surface area contributed by atoms with Gasteiger partial charge in [-0.1, -0.05) is 12.1 Å². The fourth-order valence-corrected chi connectivity index (χ4v) is 2.10. The van der Waals surface area contributed by atoms with Crippen LogP contribution in [0.25, 0.3) is 0 Å². The molecular formula is C13H19IN2O. The van der Waals surface area contributed by atoms with E-state index in [1.54, 1.807) is 0 Å². The predicted molar refractivity (Wildman–Crippen MR) is 79.3 cm³/mol. The number of nitrogens with one attached hydrogen (secondary N) is 1. The molecule has 0 fully saturated rings. The van der Waals surface area contributed by atoms with Gasteiger partial charge in [0.15, 0.2) is 0 Å². The summed E-state index contributed by atoms with van der Waals surface area (Å²) in [5, 5.41) is 3.02. The van der Waals surface area contributed by atoms with Gasteiger partial charge >= 0.3 is 0 Å². The SMILES string of the molecule is CC(CCN(C)C)NC(=O)c1ccccc1I. The van der Waals surface area contributed by atoms with Crippen LogP contribution in [0.2, 0.25) is 0 Å². The number of nitrogens with zero attached hydrogens (tertiary/aromatic N) is 1. The van der Waals surface area contributed by atoms with Gasteiger partial charge in [-0.25, -0.2) is 0 Å². The summed E-state index contributed by atoms with van der Waals surface area (Å²) >= 11 is 2.19. The maximum atomic E-state index is 12.0. The molecule has 0 bridgehead atoms. The third kappa shape index (κ3) is 5.04. The minimum absolute atomic E-state index is 0.0151. The minimum atomic E-state index is 0.0151. The van der Waals surface area contributed by atoms with Crippen molar-refractivity contribution in [3.8, 4) is 0 Å². The highest BCUT2D eigenvalue weighted by Gasteiger charge is 2.11. The van der Waals surface area contributed by atoms with Crippen LogP contribution in [-0.2, 0) is 0 Å². The van der Waals surface area contributed by atoms with E-state index in [0.717, 1.165) is 22.1 Å². The fraction of sp³-hybridized carbons (Fsp3) is 0.462. The summed E-state index contributed by atoms with van der Waals surface area (Å²) in [5.41, 5.74) is 0.754. The van der Waals surface area contributed by atoms with E-state index in [2.05, 4.69) is 32.8 Å². The van der Waals surface area contributed by atoms with Crippen LogP contribution in [-0.4, -0.2) is 37.5 Å². The molecule has 17 heavy (non-hydrogen) atoms. The number of hydrogen-bond donors (Lipinski definition) is 1. The van der Waals surface area contributed by atoms with Gasteiger partial charge in [-0.15, -0.1) is 0 Å². The molecule has 0 radical (unpaired) electrons. The molecule has 0 aliphatic rings. The van der Waals surface area contributed by atoms with Crippen molar-refractivity contribution in [1.82, 2.24) is 10.2 Å². The second-order valence-electron chi connectivity index (χ2n) is 4.45. The highest BCUT2D eigenvalue weighted by molar-refractivity contribution is 14.1. The topological polar surface area (TPSA) is 32.3 Å². The van der Waals surface area contributed by atoms with Crippen LogP contribution in [0.15, 0.2) is 24.3 Å². The van der Waals surface area contributed by atoms with Crippen LogP contribution in [0.1, 0.15) is 23.7 Å². The van der Waals surface area contributed by atoms with Crippen molar-refractivity contribution in [2.75, 3.05) is 20.6 Å². The van der Waals surface area contributed by atoms with E-state index in [9.17, 15) is 4.79 Å². The average Bonchev–Trinajstić information content (AvgIpc) is 2.26. The maximum Gasteiger partial charge on any atom is 0.252 e. The van der Waals surface area contributed by atoms with Crippen LogP contribution in [0.5, 0.6) is 0 Å². The molecule has 1 aromatic rings. The van der Waals surface area contributed by atoms with Crippen molar-refractivity contribution in [3.05, 3.63) is 33.4 Å². The zero-order valence-corrected chi connectivity index (χ0v) is 12.7. The van der Waals surface area contributed by atoms with Gasteiger partial charge in [0.25, 0.3) is 5.91 Å². The Kier molecular flexibility index (Phi) is 5.91. The van der Waals surface area contributed by atoms with E-state index in [-0.39, 0.29) is 11.9 Å². The van der Waals surface area contributed by atoms with Crippen molar-refractivity contribution in [1.29, 1.82) is 0 Å². The van der Waals surface area contributed by atoms with Crippen molar-refractivity contribution >= 4 is 28.5 Å². The molecule has 0 aliphatic carbocycles. The van der Waals surface area contributed by atoms with Crippen molar-refractivity contribution < 1.29 is 4.79 Å². The molecule has 0 saturated carbocycles. The van der Waals surface area contributed by atoms with Gasteiger partial charge in [0.2, 0.25) is 0 Å². The maximum absolute atomic E-state index is 12.0. The number of rotatable bonds is 5. The molecule has 1 rings (SSSR count). The lowest BCUT2D eigenvalue weighted by Crippen LogP contribution is -2.35. The Morgan fingerprint density at radius 2 is 2.06 bits per heavy atom. The molecule has 0 spiro atoms. The Hall–Kier alpha value is -0.620. The lowest BCUT2D eigenvalue weighted by Gasteiger charge is -2.17. The van der Waals surface area contributed by atoms with E-state index < -0.39 is 0 Å². The third-order valence-electron chi connectivity index (χ3n) is 2.51. The standard InChI is InChI=1S/C13H19IN2O/c1-10(8-9-16(2)3)15-13(17)11-6-4-5-7-12(11)14/h4-7,10H,8-9H2,1-3H3,(H,15,17).